The van der Waals surface area contributed by atoms with E-state index < -0.39 is 0 Å². The van der Waals surface area contributed by atoms with Gasteiger partial charge in [0.1, 0.15) is 0 Å². The summed E-state index contributed by atoms with van der Waals surface area (Å²) in [5.41, 5.74) is 0.627. The van der Waals surface area contributed by atoms with Crippen LogP contribution in [-0.4, -0.2) is 62.1 Å². The Morgan fingerprint density at radius 2 is 1.65 bits per heavy atom. The topological polar surface area (TPSA) is 30.9 Å². The van der Waals surface area contributed by atoms with Gasteiger partial charge < -0.3 is 15.1 Å². The molecule has 1 spiro atoms. The average molecular weight is 434 g/mol. The van der Waals surface area contributed by atoms with Crippen LogP contribution in [0.15, 0.2) is 4.99 Å². The van der Waals surface area contributed by atoms with E-state index >= 15 is 0 Å². The summed E-state index contributed by atoms with van der Waals surface area (Å²) in [5, 5.41) is 3.62. The van der Waals surface area contributed by atoms with Gasteiger partial charge in [0.05, 0.1) is 0 Å². The molecule has 0 atom stereocenters. The van der Waals surface area contributed by atoms with Crippen LogP contribution in [0.5, 0.6) is 0 Å². The molecular weight excluding hydrogens is 399 g/mol. The van der Waals surface area contributed by atoms with Crippen LogP contribution in [0.25, 0.3) is 0 Å². The molecule has 0 aromatic rings. The molecule has 2 saturated heterocycles. The smallest absolute Gasteiger partial charge is 0.193 e. The molecule has 0 bridgehead atoms. The fourth-order valence-electron chi connectivity index (χ4n) is 4.67. The second-order valence-corrected chi connectivity index (χ2v) is 7.61. The Hall–Kier alpha value is -0.0400. The van der Waals surface area contributed by atoms with E-state index in [1.54, 1.807) is 0 Å². The summed E-state index contributed by atoms with van der Waals surface area (Å²) in [5.74, 6) is 1.14. The molecule has 5 heteroatoms. The lowest BCUT2D eigenvalue weighted by molar-refractivity contribution is 0.285. The molecule has 1 N–H and O–H groups in total. The molecule has 0 aromatic carbocycles. The lowest BCUT2D eigenvalue weighted by Gasteiger charge is -2.27. The van der Waals surface area contributed by atoms with Gasteiger partial charge in [0, 0.05) is 33.2 Å². The molecule has 0 unspecified atom stereocenters. The first-order valence-electron chi connectivity index (χ1n) is 9.49. The minimum Gasteiger partial charge on any atom is -0.355 e. The first-order valence-corrected chi connectivity index (χ1v) is 9.49. The van der Waals surface area contributed by atoms with E-state index in [9.17, 15) is 0 Å². The maximum Gasteiger partial charge on any atom is 0.193 e. The number of likely N-dealkylation sites (tertiary alicyclic amines) is 2. The first-order chi connectivity index (χ1) is 10.8. The molecule has 0 aromatic heterocycles. The molecule has 2 heterocycles. The van der Waals surface area contributed by atoms with E-state index in [2.05, 4.69) is 20.1 Å². The van der Waals surface area contributed by atoms with Gasteiger partial charge in [-0.25, -0.2) is 0 Å². The zero-order valence-electron chi connectivity index (χ0n) is 14.9. The molecule has 3 fully saturated rings. The van der Waals surface area contributed by atoms with Gasteiger partial charge in [-0.15, -0.1) is 24.0 Å². The molecule has 2 aliphatic heterocycles. The van der Waals surface area contributed by atoms with E-state index in [4.69, 9.17) is 0 Å². The van der Waals surface area contributed by atoms with E-state index in [0.29, 0.717) is 5.41 Å². The summed E-state index contributed by atoms with van der Waals surface area (Å²) in [6.45, 7) is 7.20. The third-order valence-electron chi connectivity index (χ3n) is 6.02. The molecule has 134 valence electrons. The number of hydrogen-bond donors (Lipinski definition) is 1. The number of hydrogen-bond acceptors (Lipinski definition) is 2. The third-order valence-corrected chi connectivity index (χ3v) is 6.02. The summed E-state index contributed by atoms with van der Waals surface area (Å²) >= 11 is 0. The average Bonchev–Trinajstić information content (AvgIpc) is 3.08. The number of aliphatic imine (C=N–C) groups is 1. The monoisotopic (exact) mass is 434 g/mol. The zero-order valence-corrected chi connectivity index (χ0v) is 17.2. The van der Waals surface area contributed by atoms with Crippen LogP contribution in [-0.2, 0) is 0 Å². The maximum atomic E-state index is 4.54. The van der Waals surface area contributed by atoms with Crippen molar-refractivity contribution in [2.75, 3.05) is 46.3 Å². The van der Waals surface area contributed by atoms with Crippen LogP contribution in [0, 0.1) is 5.41 Å². The van der Waals surface area contributed by atoms with Crippen LogP contribution in [0.3, 0.4) is 0 Å². The van der Waals surface area contributed by atoms with Gasteiger partial charge in [0.25, 0.3) is 0 Å². The lowest BCUT2D eigenvalue weighted by atomic mass is 9.86. The molecule has 1 aliphatic carbocycles. The molecule has 4 nitrogen and oxygen atoms in total. The molecule has 3 rings (SSSR count). The quantitative estimate of drug-likeness (QED) is 0.420. The van der Waals surface area contributed by atoms with Gasteiger partial charge >= 0.3 is 0 Å². The van der Waals surface area contributed by atoms with Gasteiger partial charge in [-0.1, -0.05) is 25.7 Å². The highest BCUT2D eigenvalue weighted by Crippen LogP contribution is 2.45. The molecule has 23 heavy (non-hydrogen) atoms. The van der Waals surface area contributed by atoms with Crippen LogP contribution in [0.4, 0.5) is 0 Å². The van der Waals surface area contributed by atoms with Crippen molar-refractivity contribution in [3.63, 3.8) is 0 Å². The van der Waals surface area contributed by atoms with Gasteiger partial charge in [0.2, 0.25) is 0 Å². The standard InChI is InChI=1S/C18H34N4.HI/c1-19-17(20-11-15-21-12-6-2-3-7-13-21)22-14-10-18(16-22)8-4-5-9-18;/h2-16H2,1H3,(H,19,20);1H. The zero-order chi connectivity index (χ0) is 15.3. The Balaban J connectivity index is 0.00000192. The Morgan fingerprint density at radius 1 is 0.957 bits per heavy atom. The van der Waals surface area contributed by atoms with E-state index in [-0.39, 0.29) is 24.0 Å². The number of guanidine groups is 1. The Morgan fingerprint density at radius 3 is 2.30 bits per heavy atom. The predicted molar refractivity (Wildman–Crippen MR) is 109 cm³/mol. The van der Waals surface area contributed by atoms with Gasteiger partial charge in [-0.05, 0) is 50.6 Å². The third kappa shape index (κ3) is 5.21. The Labute approximate surface area is 159 Å². The van der Waals surface area contributed by atoms with Crippen molar-refractivity contribution in [1.82, 2.24) is 15.1 Å². The van der Waals surface area contributed by atoms with Gasteiger partial charge in [-0.2, -0.15) is 0 Å². The molecule has 3 aliphatic rings. The second-order valence-electron chi connectivity index (χ2n) is 7.61. The molecule has 1 saturated carbocycles. The Bertz CT molecular complexity index is 371. The van der Waals surface area contributed by atoms with Crippen molar-refractivity contribution in [1.29, 1.82) is 0 Å². The van der Waals surface area contributed by atoms with Crippen LogP contribution in [0.1, 0.15) is 57.8 Å². The highest BCUT2D eigenvalue weighted by atomic mass is 127. The van der Waals surface area contributed by atoms with Crippen LogP contribution >= 0.6 is 24.0 Å². The summed E-state index contributed by atoms with van der Waals surface area (Å²) in [6, 6.07) is 0. The van der Waals surface area contributed by atoms with Crippen molar-refractivity contribution in [2.45, 2.75) is 57.8 Å². The summed E-state index contributed by atoms with van der Waals surface area (Å²) < 4.78 is 0. The fraction of sp³-hybridized carbons (Fsp3) is 0.944. The van der Waals surface area contributed by atoms with E-state index in [1.807, 2.05) is 7.05 Å². The summed E-state index contributed by atoms with van der Waals surface area (Å²) in [7, 11) is 1.94. The summed E-state index contributed by atoms with van der Waals surface area (Å²) in [6.07, 6.45) is 12.7. The van der Waals surface area contributed by atoms with Crippen LogP contribution < -0.4 is 5.32 Å². The molecule has 0 amide bonds. The van der Waals surface area contributed by atoms with Crippen molar-refractivity contribution in [2.24, 2.45) is 10.4 Å². The summed E-state index contributed by atoms with van der Waals surface area (Å²) in [4.78, 5) is 9.67. The Kier molecular flexibility index (Phi) is 7.92. The lowest BCUT2D eigenvalue weighted by Crippen LogP contribution is -2.44. The van der Waals surface area contributed by atoms with E-state index in [0.717, 1.165) is 19.0 Å². The van der Waals surface area contributed by atoms with Crippen molar-refractivity contribution >= 4 is 29.9 Å². The second kappa shape index (κ2) is 9.44. The first kappa shape index (κ1) is 19.3. The molecule has 0 radical (unpaired) electrons. The highest BCUT2D eigenvalue weighted by molar-refractivity contribution is 14.0. The van der Waals surface area contributed by atoms with Crippen molar-refractivity contribution < 1.29 is 0 Å². The fourth-order valence-corrected chi connectivity index (χ4v) is 4.67. The molecular formula is C18H35IN4. The normalized spacial score (nSPS) is 25.4. The van der Waals surface area contributed by atoms with Gasteiger partial charge in [-0.3, -0.25) is 4.99 Å². The van der Waals surface area contributed by atoms with Gasteiger partial charge in [0.15, 0.2) is 5.96 Å². The van der Waals surface area contributed by atoms with Crippen molar-refractivity contribution in [3.8, 4) is 0 Å². The largest absolute Gasteiger partial charge is 0.355 e. The number of rotatable bonds is 3. The van der Waals surface area contributed by atoms with Crippen molar-refractivity contribution in [3.05, 3.63) is 0 Å². The minimum atomic E-state index is 0. The number of nitrogens with one attached hydrogen (secondary N) is 1. The van der Waals surface area contributed by atoms with Crippen LogP contribution in [0.2, 0.25) is 0 Å². The minimum absolute atomic E-state index is 0. The number of nitrogens with zero attached hydrogens (tertiary/aromatic N) is 3. The predicted octanol–water partition coefficient (Wildman–Crippen LogP) is 3.32. The highest BCUT2D eigenvalue weighted by Gasteiger charge is 2.40. The van der Waals surface area contributed by atoms with E-state index in [1.165, 1.54) is 84.0 Å². The number of halogens is 1. The maximum absolute atomic E-state index is 4.54. The SMILES string of the molecule is CN=C(NCCN1CCCCCC1)N1CCC2(CCCC2)C1.I.